The van der Waals surface area contributed by atoms with Crippen LogP contribution in [0, 0.1) is 5.92 Å². The molecule has 0 aliphatic heterocycles. The molecule has 2 aromatic heterocycles. The van der Waals surface area contributed by atoms with Crippen molar-refractivity contribution < 1.29 is 0 Å². The van der Waals surface area contributed by atoms with E-state index in [4.69, 9.17) is 9.97 Å². The van der Waals surface area contributed by atoms with E-state index >= 15 is 0 Å². The van der Waals surface area contributed by atoms with Gasteiger partial charge in [0.05, 0.1) is 11.0 Å². The fraction of sp³-hybridized carbons (Fsp3) is 0.126. The van der Waals surface area contributed by atoms with Gasteiger partial charge in [0, 0.05) is 49.8 Å². The second-order valence-corrected chi connectivity index (χ2v) is 27.0. The molecule has 0 radical (unpaired) electrons. The van der Waals surface area contributed by atoms with Gasteiger partial charge in [0.25, 0.3) is 0 Å². The van der Waals surface area contributed by atoms with E-state index in [1.54, 1.807) is 0 Å². The molecule has 13 aromatic rings. The summed E-state index contributed by atoms with van der Waals surface area (Å²) in [5.41, 5.74) is 25.5. The predicted molar refractivity (Wildman–Crippen MR) is 385 cm³/mol. The SMILES string of the molecule is CC1(C)C2=CC(/C=C/c3ccc4c(c3)C(C)(C)c3cc(/C=C/c5ccc6c(c5)C(C)(C)c5cc(N(c7ccc8ccccc8c7)c7ccc8ccccc8n7)ccc5-6)ccc3-4)CC=C2c2ccc(N(c3ccc4ccccc4c3)c3ccc4ccccc4n3)cc21. The molecule has 1 unspecified atom stereocenters. The zero-order chi connectivity index (χ0) is 61.3. The number of fused-ring (bicyclic) bond motifs is 13. The summed E-state index contributed by atoms with van der Waals surface area (Å²) in [7, 11) is 0. The van der Waals surface area contributed by atoms with Gasteiger partial charge < -0.3 is 0 Å². The van der Waals surface area contributed by atoms with Crippen molar-refractivity contribution in [1.82, 2.24) is 9.97 Å². The zero-order valence-electron chi connectivity index (χ0n) is 52.2. The van der Waals surface area contributed by atoms with Gasteiger partial charge in [0.2, 0.25) is 0 Å². The smallest absolute Gasteiger partial charge is 0.138 e. The molecule has 4 aliphatic carbocycles. The maximum absolute atomic E-state index is 5.25. The standard InChI is InChI=1S/C87H68N4/c1-85(2)75-47-55(23-25-57-29-41-71-73-43-37-67(53-79(73)86(3,4)77(71)49-57)90(65-35-31-59-15-7-9-19-63(59)51-65)83-45-33-61-17-11-13-21-81(61)88-83)27-39-69(75)70-40-28-56(48-76(70)85)24-26-58-30-42-72-74-44-38-68(54-80(74)87(5,6)78(72)50-58)91(66-36-32-60-16-8-10-20-64(60)52-66)84-46-34-62-18-12-14-22-82(62)89-84/h7-29,31-54,58H,30H2,1-6H3/b25-23+,26-24+. The molecule has 0 spiro atoms. The van der Waals surface area contributed by atoms with Crippen molar-refractivity contribution >= 4 is 102 Å². The molecular formula is C87H68N4. The number of benzene rings is 11. The van der Waals surface area contributed by atoms with Crippen LogP contribution in [0.4, 0.5) is 34.4 Å². The Bertz CT molecular complexity index is 5180. The summed E-state index contributed by atoms with van der Waals surface area (Å²) in [4.78, 5) is 15.1. The number of nitrogens with zero attached hydrogens (tertiary/aromatic N) is 4. The van der Waals surface area contributed by atoms with Crippen LogP contribution in [0.3, 0.4) is 0 Å². The number of para-hydroxylation sites is 2. The van der Waals surface area contributed by atoms with Crippen LogP contribution in [0.1, 0.15) is 98.0 Å². The summed E-state index contributed by atoms with van der Waals surface area (Å²) < 4.78 is 0. The van der Waals surface area contributed by atoms with Crippen molar-refractivity contribution in [3.8, 4) is 22.3 Å². The third-order valence-electron chi connectivity index (χ3n) is 20.4. The Balaban J connectivity index is 0.612. The molecule has 0 fully saturated rings. The van der Waals surface area contributed by atoms with E-state index in [1.165, 1.54) is 105 Å². The fourth-order valence-electron chi connectivity index (χ4n) is 15.4. The molecule has 91 heavy (non-hydrogen) atoms. The number of hydrogen-bond donors (Lipinski definition) is 0. The molecule has 0 amide bonds. The molecule has 4 heteroatoms. The molecule has 0 saturated heterocycles. The molecule has 0 bridgehead atoms. The zero-order valence-corrected chi connectivity index (χ0v) is 52.2. The topological polar surface area (TPSA) is 32.3 Å². The first-order valence-electron chi connectivity index (χ1n) is 32.1. The maximum atomic E-state index is 5.25. The summed E-state index contributed by atoms with van der Waals surface area (Å²) in [6.07, 6.45) is 15.4. The first kappa shape index (κ1) is 54.5. The average Bonchev–Trinajstić information content (AvgIpc) is 1.60. The van der Waals surface area contributed by atoms with Crippen molar-refractivity contribution in [2.75, 3.05) is 9.80 Å². The molecule has 11 aromatic carbocycles. The number of anilines is 6. The molecule has 0 N–H and O–H groups in total. The lowest BCUT2D eigenvalue weighted by Gasteiger charge is -2.28. The second kappa shape index (κ2) is 20.7. The minimum absolute atomic E-state index is 0.161. The Morgan fingerprint density at radius 1 is 0.341 bits per heavy atom. The summed E-state index contributed by atoms with van der Waals surface area (Å²) in [6.45, 7) is 14.3. The van der Waals surface area contributed by atoms with E-state index < -0.39 is 0 Å². The number of pyridine rings is 2. The Morgan fingerprint density at radius 2 is 0.714 bits per heavy atom. The lowest BCUT2D eigenvalue weighted by molar-refractivity contribution is 0.645. The molecule has 4 aliphatic rings. The van der Waals surface area contributed by atoms with Gasteiger partial charge in [0.1, 0.15) is 11.6 Å². The van der Waals surface area contributed by atoms with Crippen LogP contribution < -0.4 is 9.80 Å². The van der Waals surface area contributed by atoms with Crippen LogP contribution in [0.5, 0.6) is 0 Å². The highest BCUT2D eigenvalue weighted by Crippen LogP contribution is 2.55. The highest BCUT2D eigenvalue weighted by Gasteiger charge is 2.41. The lowest BCUT2D eigenvalue weighted by Crippen LogP contribution is -2.18. The van der Waals surface area contributed by atoms with Gasteiger partial charge in [-0.15, -0.1) is 0 Å². The predicted octanol–water partition coefficient (Wildman–Crippen LogP) is 23.1. The van der Waals surface area contributed by atoms with E-state index in [9.17, 15) is 0 Å². The number of rotatable bonds is 10. The lowest BCUT2D eigenvalue weighted by atomic mass is 9.78. The van der Waals surface area contributed by atoms with Gasteiger partial charge in [-0.25, -0.2) is 9.97 Å². The quantitative estimate of drug-likeness (QED) is 0.128. The Labute approximate surface area is 533 Å². The van der Waals surface area contributed by atoms with Gasteiger partial charge in [-0.05, 0) is 202 Å². The molecule has 0 saturated carbocycles. The monoisotopic (exact) mass is 1170 g/mol. The Morgan fingerprint density at radius 3 is 1.21 bits per heavy atom. The van der Waals surface area contributed by atoms with E-state index in [1.807, 2.05) is 0 Å². The molecular weight excluding hydrogens is 1100 g/mol. The Kier molecular flexibility index (Phi) is 12.4. The van der Waals surface area contributed by atoms with Crippen molar-refractivity contribution in [3.05, 3.63) is 323 Å². The van der Waals surface area contributed by atoms with Crippen molar-refractivity contribution in [2.45, 2.75) is 64.2 Å². The van der Waals surface area contributed by atoms with E-state index in [0.717, 1.165) is 62.6 Å². The van der Waals surface area contributed by atoms with Crippen LogP contribution in [-0.2, 0) is 16.2 Å². The fourth-order valence-corrected chi connectivity index (χ4v) is 15.4. The van der Waals surface area contributed by atoms with Crippen molar-refractivity contribution in [2.24, 2.45) is 5.92 Å². The van der Waals surface area contributed by atoms with Gasteiger partial charge in [-0.1, -0.05) is 242 Å². The van der Waals surface area contributed by atoms with Crippen LogP contribution in [0.15, 0.2) is 273 Å². The molecule has 2 heterocycles. The third kappa shape index (κ3) is 9.02. The molecule has 17 rings (SSSR count). The van der Waals surface area contributed by atoms with Crippen molar-refractivity contribution in [1.29, 1.82) is 0 Å². The molecule has 4 nitrogen and oxygen atoms in total. The van der Waals surface area contributed by atoms with Crippen LogP contribution in [0.25, 0.3) is 89.4 Å². The van der Waals surface area contributed by atoms with Crippen molar-refractivity contribution in [3.63, 3.8) is 0 Å². The normalized spacial score (nSPS) is 16.2. The number of allylic oxidation sites excluding steroid dienone is 5. The second-order valence-electron chi connectivity index (χ2n) is 27.0. The van der Waals surface area contributed by atoms with Gasteiger partial charge in [-0.2, -0.15) is 0 Å². The Hall–Kier alpha value is -10.7. The van der Waals surface area contributed by atoms with E-state index in [-0.39, 0.29) is 22.2 Å². The van der Waals surface area contributed by atoms with Gasteiger partial charge in [0.15, 0.2) is 0 Å². The van der Waals surface area contributed by atoms with Gasteiger partial charge >= 0.3 is 0 Å². The first-order valence-corrected chi connectivity index (χ1v) is 32.1. The van der Waals surface area contributed by atoms with E-state index in [0.29, 0.717) is 0 Å². The average molecular weight is 1170 g/mol. The largest absolute Gasteiger partial charge is 0.295 e. The van der Waals surface area contributed by atoms with Crippen LogP contribution in [0.2, 0.25) is 0 Å². The van der Waals surface area contributed by atoms with Gasteiger partial charge in [-0.3, -0.25) is 9.80 Å². The maximum Gasteiger partial charge on any atom is 0.138 e. The number of aromatic nitrogens is 2. The number of hydrogen-bond acceptors (Lipinski definition) is 4. The summed E-state index contributed by atoms with van der Waals surface area (Å²) >= 11 is 0. The van der Waals surface area contributed by atoms with Crippen LogP contribution in [-0.4, -0.2) is 9.97 Å². The summed E-state index contributed by atoms with van der Waals surface area (Å²) in [5.74, 6) is 2.08. The van der Waals surface area contributed by atoms with E-state index in [2.05, 4.69) is 337 Å². The minimum atomic E-state index is -0.228. The highest BCUT2D eigenvalue weighted by molar-refractivity contribution is 5.96. The third-order valence-corrected chi connectivity index (χ3v) is 20.4. The molecule has 436 valence electrons. The summed E-state index contributed by atoms with van der Waals surface area (Å²) in [5, 5.41) is 7.11. The summed E-state index contributed by atoms with van der Waals surface area (Å²) in [6, 6.07) is 91.3. The molecule has 1 atom stereocenters. The van der Waals surface area contributed by atoms with Crippen LogP contribution >= 0.6 is 0 Å². The minimum Gasteiger partial charge on any atom is -0.295 e. The highest BCUT2D eigenvalue weighted by atomic mass is 15.2. The first-order chi connectivity index (χ1) is 44.3.